The van der Waals surface area contributed by atoms with Crippen molar-refractivity contribution in [1.82, 2.24) is 9.80 Å². The van der Waals surface area contributed by atoms with Gasteiger partial charge in [-0.3, -0.25) is 9.69 Å². The van der Waals surface area contributed by atoms with Crippen molar-refractivity contribution in [3.63, 3.8) is 0 Å². The van der Waals surface area contributed by atoms with Crippen LogP contribution in [-0.2, 0) is 0 Å². The second kappa shape index (κ2) is 8.15. The molecule has 1 amide bonds. The van der Waals surface area contributed by atoms with E-state index in [1.165, 1.54) is 44.1 Å². The Bertz CT molecular complexity index is 521. The van der Waals surface area contributed by atoms with Crippen molar-refractivity contribution in [3.05, 3.63) is 35.4 Å². The van der Waals surface area contributed by atoms with Crippen molar-refractivity contribution in [2.75, 3.05) is 26.2 Å². The van der Waals surface area contributed by atoms with E-state index in [4.69, 9.17) is 0 Å². The minimum absolute atomic E-state index is 0.200. The summed E-state index contributed by atoms with van der Waals surface area (Å²) in [5.41, 5.74) is 2.28. The Labute approximate surface area is 147 Å². The number of hydrogen-bond donors (Lipinski definition) is 0. The molecule has 0 aromatic heterocycles. The highest BCUT2D eigenvalue weighted by Crippen LogP contribution is 2.31. The molecule has 0 unspecified atom stereocenters. The van der Waals surface area contributed by atoms with Gasteiger partial charge in [0.1, 0.15) is 0 Å². The van der Waals surface area contributed by atoms with Crippen molar-refractivity contribution in [2.24, 2.45) is 0 Å². The van der Waals surface area contributed by atoms with Crippen LogP contribution in [0, 0.1) is 0 Å². The van der Waals surface area contributed by atoms with Crippen molar-refractivity contribution in [1.29, 1.82) is 0 Å². The van der Waals surface area contributed by atoms with Crippen LogP contribution in [0.25, 0.3) is 0 Å². The summed E-state index contributed by atoms with van der Waals surface area (Å²) < 4.78 is 0. The molecule has 1 aliphatic heterocycles. The number of carbonyl (C=O) groups is 1. The number of nitrogens with zero attached hydrogens (tertiary/aromatic N) is 2. The molecule has 1 saturated carbocycles. The average molecular weight is 329 g/mol. The molecule has 2 fully saturated rings. The minimum atomic E-state index is 0.200. The highest BCUT2D eigenvalue weighted by atomic mass is 16.2. The molecule has 1 saturated heterocycles. The average Bonchev–Trinajstić information content (AvgIpc) is 2.91. The fourth-order valence-electron chi connectivity index (χ4n) is 4.13. The minimum Gasteiger partial charge on any atom is -0.336 e. The van der Waals surface area contributed by atoms with Gasteiger partial charge in [0.05, 0.1) is 0 Å². The molecular formula is C21H32N2O. The molecule has 1 heterocycles. The molecule has 24 heavy (non-hydrogen) atoms. The SMILES string of the molecule is CC(C)N1CCN(C(=O)c2ccc(C3CCCCCC3)cc2)CC1. The Morgan fingerprint density at radius 2 is 1.50 bits per heavy atom. The number of amides is 1. The van der Waals surface area contributed by atoms with E-state index in [1.54, 1.807) is 0 Å². The van der Waals surface area contributed by atoms with Gasteiger partial charge in [-0.05, 0) is 50.3 Å². The van der Waals surface area contributed by atoms with Gasteiger partial charge < -0.3 is 4.90 Å². The largest absolute Gasteiger partial charge is 0.336 e. The van der Waals surface area contributed by atoms with Crippen LogP contribution in [0.15, 0.2) is 24.3 Å². The zero-order chi connectivity index (χ0) is 16.9. The topological polar surface area (TPSA) is 23.6 Å². The predicted octanol–water partition coefficient (Wildman–Crippen LogP) is 4.29. The van der Waals surface area contributed by atoms with E-state index in [-0.39, 0.29) is 5.91 Å². The summed E-state index contributed by atoms with van der Waals surface area (Å²) in [5, 5.41) is 0. The third-order valence-electron chi connectivity index (χ3n) is 5.82. The first-order chi connectivity index (χ1) is 11.6. The standard InChI is InChI=1S/C21H32N2O/c1-17(2)22-13-15-23(16-14-22)21(24)20-11-9-19(10-12-20)18-7-5-3-4-6-8-18/h9-12,17-18H,3-8,13-16H2,1-2H3. The molecule has 1 aromatic carbocycles. The van der Waals surface area contributed by atoms with Crippen LogP contribution in [0.3, 0.4) is 0 Å². The van der Waals surface area contributed by atoms with E-state index >= 15 is 0 Å². The zero-order valence-electron chi connectivity index (χ0n) is 15.3. The van der Waals surface area contributed by atoms with Crippen molar-refractivity contribution >= 4 is 5.91 Å². The van der Waals surface area contributed by atoms with Gasteiger partial charge in [-0.25, -0.2) is 0 Å². The van der Waals surface area contributed by atoms with E-state index in [2.05, 4.69) is 43.0 Å². The lowest BCUT2D eigenvalue weighted by molar-refractivity contribution is 0.0595. The van der Waals surface area contributed by atoms with Gasteiger partial charge in [-0.2, -0.15) is 0 Å². The number of carbonyl (C=O) groups excluding carboxylic acids is 1. The van der Waals surface area contributed by atoms with Crippen molar-refractivity contribution < 1.29 is 4.79 Å². The number of piperazine rings is 1. The summed E-state index contributed by atoms with van der Waals surface area (Å²) >= 11 is 0. The molecule has 0 N–H and O–H groups in total. The maximum atomic E-state index is 12.7. The normalized spacial score (nSPS) is 21.0. The first-order valence-electron chi connectivity index (χ1n) is 9.78. The summed E-state index contributed by atoms with van der Waals surface area (Å²) in [6.45, 7) is 8.13. The number of benzene rings is 1. The van der Waals surface area contributed by atoms with E-state index in [0.29, 0.717) is 12.0 Å². The van der Waals surface area contributed by atoms with E-state index in [0.717, 1.165) is 31.7 Å². The van der Waals surface area contributed by atoms with Crippen molar-refractivity contribution in [2.45, 2.75) is 64.3 Å². The summed E-state index contributed by atoms with van der Waals surface area (Å²) in [4.78, 5) is 17.2. The Morgan fingerprint density at radius 3 is 2.04 bits per heavy atom. The van der Waals surface area contributed by atoms with Crippen molar-refractivity contribution in [3.8, 4) is 0 Å². The van der Waals surface area contributed by atoms with Gasteiger partial charge >= 0.3 is 0 Å². The second-order valence-corrected chi connectivity index (χ2v) is 7.73. The van der Waals surface area contributed by atoms with Gasteiger partial charge in [0.15, 0.2) is 0 Å². The van der Waals surface area contributed by atoms with Crippen LogP contribution in [-0.4, -0.2) is 47.9 Å². The number of hydrogen-bond acceptors (Lipinski definition) is 2. The van der Waals surface area contributed by atoms with E-state index in [1.807, 2.05) is 4.90 Å². The smallest absolute Gasteiger partial charge is 0.253 e. The van der Waals surface area contributed by atoms with Gasteiger partial charge in [0, 0.05) is 37.8 Å². The summed E-state index contributed by atoms with van der Waals surface area (Å²) in [7, 11) is 0. The lowest BCUT2D eigenvalue weighted by atomic mass is 9.91. The van der Waals surface area contributed by atoms with Gasteiger partial charge in [-0.15, -0.1) is 0 Å². The van der Waals surface area contributed by atoms with Crippen LogP contribution < -0.4 is 0 Å². The second-order valence-electron chi connectivity index (χ2n) is 7.73. The van der Waals surface area contributed by atoms with E-state index < -0.39 is 0 Å². The van der Waals surface area contributed by atoms with Crippen LogP contribution >= 0.6 is 0 Å². The first kappa shape index (κ1) is 17.5. The predicted molar refractivity (Wildman–Crippen MR) is 99.5 cm³/mol. The molecule has 0 atom stereocenters. The Morgan fingerprint density at radius 1 is 0.917 bits per heavy atom. The molecule has 3 heteroatoms. The van der Waals surface area contributed by atoms with Crippen LogP contribution in [0.5, 0.6) is 0 Å². The lowest BCUT2D eigenvalue weighted by Crippen LogP contribution is -2.50. The molecule has 3 nitrogen and oxygen atoms in total. The zero-order valence-corrected chi connectivity index (χ0v) is 15.3. The maximum absolute atomic E-state index is 12.7. The summed E-state index contributed by atoms with van der Waals surface area (Å²) in [5.74, 6) is 0.900. The maximum Gasteiger partial charge on any atom is 0.253 e. The fraction of sp³-hybridized carbons (Fsp3) is 0.667. The Kier molecular flexibility index (Phi) is 5.94. The van der Waals surface area contributed by atoms with Gasteiger partial charge in [-0.1, -0.05) is 37.8 Å². The highest BCUT2D eigenvalue weighted by molar-refractivity contribution is 5.94. The molecule has 1 aromatic rings. The fourth-order valence-corrected chi connectivity index (χ4v) is 4.13. The quantitative estimate of drug-likeness (QED) is 0.773. The van der Waals surface area contributed by atoms with Gasteiger partial charge in [0.25, 0.3) is 5.91 Å². The summed E-state index contributed by atoms with van der Waals surface area (Å²) in [6.07, 6.45) is 8.09. The molecule has 3 rings (SSSR count). The first-order valence-corrected chi connectivity index (χ1v) is 9.78. The lowest BCUT2D eigenvalue weighted by Gasteiger charge is -2.37. The third-order valence-corrected chi connectivity index (χ3v) is 5.82. The number of rotatable bonds is 3. The molecule has 2 aliphatic rings. The third kappa shape index (κ3) is 4.18. The molecule has 0 bridgehead atoms. The van der Waals surface area contributed by atoms with Crippen LogP contribution in [0.1, 0.15) is 74.2 Å². The molecule has 132 valence electrons. The van der Waals surface area contributed by atoms with Gasteiger partial charge in [0.2, 0.25) is 0 Å². The highest BCUT2D eigenvalue weighted by Gasteiger charge is 2.23. The Hall–Kier alpha value is -1.35. The molecule has 1 aliphatic carbocycles. The molecular weight excluding hydrogens is 296 g/mol. The Balaban J connectivity index is 1.60. The molecule has 0 spiro atoms. The van der Waals surface area contributed by atoms with E-state index in [9.17, 15) is 4.79 Å². The van der Waals surface area contributed by atoms with Crippen LogP contribution in [0.2, 0.25) is 0 Å². The monoisotopic (exact) mass is 328 g/mol. The van der Waals surface area contributed by atoms with Crippen LogP contribution in [0.4, 0.5) is 0 Å². The summed E-state index contributed by atoms with van der Waals surface area (Å²) in [6, 6.07) is 9.08. The molecule has 0 radical (unpaired) electrons.